The van der Waals surface area contributed by atoms with Crippen LogP contribution < -0.4 is 0 Å². The normalized spacial score (nSPS) is 33.4. The molecule has 0 aliphatic carbocycles. The number of carbonyl (C=O) groups excluding carboxylic acids is 1. The van der Waals surface area contributed by atoms with Gasteiger partial charge in [-0.15, -0.1) is 0 Å². The molecule has 4 nitrogen and oxygen atoms in total. The molecule has 0 spiro atoms. The Kier molecular flexibility index (Phi) is 3.03. The summed E-state index contributed by atoms with van der Waals surface area (Å²) in [5, 5.41) is 9.44. The summed E-state index contributed by atoms with van der Waals surface area (Å²) in [7, 11) is 0. The van der Waals surface area contributed by atoms with Crippen LogP contribution in [0.25, 0.3) is 0 Å². The smallest absolute Gasteiger partial charge is 0.251 e. The summed E-state index contributed by atoms with van der Waals surface area (Å²) in [6, 6.07) is 0. The minimum atomic E-state index is -0.339. The van der Waals surface area contributed by atoms with Gasteiger partial charge in [0.05, 0.1) is 6.10 Å². The number of ether oxygens (including phenoxy) is 1. The minimum Gasteiger partial charge on any atom is -0.391 e. The molecule has 0 radical (unpaired) electrons. The van der Waals surface area contributed by atoms with Gasteiger partial charge in [0.1, 0.15) is 6.10 Å². The molecule has 2 aliphatic heterocycles. The Morgan fingerprint density at radius 1 is 1.36 bits per heavy atom. The van der Waals surface area contributed by atoms with Crippen molar-refractivity contribution < 1.29 is 14.6 Å². The van der Waals surface area contributed by atoms with Crippen molar-refractivity contribution in [3.63, 3.8) is 0 Å². The second-order valence-corrected chi connectivity index (χ2v) is 4.08. The quantitative estimate of drug-likeness (QED) is 0.654. The van der Waals surface area contributed by atoms with Crippen LogP contribution >= 0.6 is 0 Å². The Balaban J connectivity index is 1.89. The van der Waals surface area contributed by atoms with E-state index in [2.05, 4.69) is 0 Å². The molecular formula is C10H17NO3. The molecule has 0 aromatic carbocycles. The molecule has 0 aromatic heterocycles. The van der Waals surface area contributed by atoms with E-state index in [0.29, 0.717) is 13.2 Å². The van der Waals surface area contributed by atoms with E-state index < -0.39 is 0 Å². The maximum Gasteiger partial charge on any atom is 0.251 e. The number of rotatable bonds is 1. The number of aliphatic hydroxyl groups is 1. The summed E-state index contributed by atoms with van der Waals surface area (Å²) in [4.78, 5) is 13.6. The van der Waals surface area contributed by atoms with Crippen molar-refractivity contribution in [2.45, 2.75) is 37.9 Å². The predicted molar refractivity (Wildman–Crippen MR) is 50.8 cm³/mol. The van der Waals surface area contributed by atoms with Crippen LogP contribution in [0.4, 0.5) is 0 Å². The second kappa shape index (κ2) is 4.28. The highest BCUT2D eigenvalue weighted by Crippen LogP contribution is 2.17. The zero-order chi connectivity index (χ0) is 9.97. The van der Waals surface area contributed by atoms with Gasteiger partial charge < -0.3 is 14.7 Å². The molecule has 2 fully saturated rings. The van der Waals surface area contributed by atoms with E-state index in [1.165, 1.54) is 0 Å². The zero-order valence-electron chi connectivity index (χ0n) is 8.32. The molecule has 2 atom stereocenters. The lowest BCUT2D eigenvalue weighted by Crippen LogP contribution is -2.46. The number of carbonyl (C=O) groups is 1. The van der Waals surface area contributed by atoms with Crippen molar-refractivity contribution in [3.05, 3.63) is 0 Å². The molecule has 14 heavy (non-hydrogen) atoms. The SMILES string of the molecule is O=C(C1CCCO1)N1CCC[C@H](O)C1. The molecule has 0 bridgehead atoms. The molecule has 4 heteroatoms. The summed E-state index contributed by atoms with van der Waals surface area (Å²) in [6.45, 7) is 1.96. The van der Waals surface area contributed by atoms with Gasteiger partial charge in [0.2, 0.25) is 0 Å². The third-order valence-corrected chi connectivity index (χ3v) is 2.91. The van der Waals surface area contributed by atoms with Crippen LogP contribution in [0.15, 0.2) is 0 Å². The van der Waals surface area contributed by atoms with Crippen molar-refractivity contribution >= 4 is 5.91 Å². The van der Waals surface area contributed by atoms with Gasteiger partial charge in [0.25, 0.3) is 5.91 Å². The topological polar surface area (TPSA) is 49.8 Å². The summed E-state index contributed by atoms with van der Waals surface area (Å²) in [5.74, 6) is 0.0706. The summed E-state index contributed by atoms with van der Waals surface area (Å²) in [6.07, 6.45) is 2.96. The monoisotopic (exact) mass is 199 g/mol. The van der Waals surface area contributed by atoms with Gasteiger partial charge in [-0.2, -0.15) is 0 Å². The first-order valence-electron chi connectivity index (χ1n) is 5.36. The van der Waals surface area contributed by atoms with E-state index in [1.54, 1.807) is 4.90 Å². The Labute approximate surface area is 83.8 Å². The van der Waals surface area contributed by atoms with Crippen LogP contribution in [0, 0.1) is 0 Å². The molecule has 2 aliphatic rings. The highest BCUT2D eigenvalue weighted by molar-refractivity contribution is 5.81. The summed E-state index contributed by atoms with van der Waals surface area (Å²) < 4.78 is 5.33. The molecule has 0 saturated carbocycles. The number of nitrogens with zero attached hydrogens (tertiary/aromatic N) is 1. The highest BCUT2D eigenvalue weighted by Gasteiger charge is 2.30. The van der Waals surface area contributed by atoms with E-state index >= 15 is 0 Å². The average Bonchev–Trinajstić information content (AvgIpc) is 2.69. The van der Waals surface area contributed by atoms with Gasteiger partial charge in [-0.05, 0) is 25.7 Å². The number of hydrogen-bond donors (Lipinski definition) is 1. The predicted octanol–water partition coefficient (Wildman–Crippen LogP) is 0.149. The number of amides is 1. The van der Waals surface area contributed by atoms with Crippen molar-refractivity contribution in [2.24, 2.45) is 0 Å². The van der Waals surface area contributed by atoms with Crippen molar-refractivity contribution in [2.75, 3.05) is 19.7 Å². The number of aliphatic hydroxyl groups excluding tert-OH is 1. The molecule has 1 unspecified atom stereocenters. The maximum absolute atomic E-state index is 11.8. The standard InChI is InChI=1S/C10H17NO3/c12-8-3-1-5-11(7-8)10(13)9-4-2-6-14-9/h8-9,12H,1-7H2/t8-,9?/m0/s1. The lowest BCUT2D eigenvalue weighted by atomic mass is 10.1. The summed E-state index contributed by atoms with van der Waals surface area (Å²) >= 11 is 0. The van der Waals surface area contributed by atoms with Crippen LogP contribution in [-0.2, 0) is 9.53 Å². The third kappa shape index (κ3) is 2.07. The Hall–Kier alpha value is -0.610. The van der Waals surface area contributed by atoms with Crippen molar-refractivity contribution in [1.82, 2.24) is 4.90 Å². The lowest BCUT2D eigenvalue weighted by Gasteiger charge is -2.31. The number of likely N-dealkylation sites (tertiary alicyclic amines) is 1. The molecule has 1 amide bonds. The van der Waals surface area contributed by atoms with E-state index in [9.17, 15) is 9.90 Å². The van der Waals surface area contributed by atoms with Crippen LogP contribution in [0.2, 0.25) is 0 Å². The number of hydrogen-bond acceptors (Lipinski definition) is 3. The summed E-state index contributed by atoms with van der Waals surface area (Å²) in [5.41, 5.74) is 0. The fourth-order valence-corrected chi connectivity index (χ4v) is 2.13. The van der Waals surface area contributed by atoms with Crippen LogP contribution in [0.5, 0.6) is 0 Å². The van der Waals surface area contributed by atoms with Gasteiger partial charge >= 0.3 is 0 Å². The van der Waals surface area contributed by atoms with Crippen LogP contribution in [0.1, 0.15) is 25.7 Å². The van der Waals surface area contributed by atoms with Gasteiger partial charge in [-0.25, -0.2) is 0 Å². The first-order valence-corrected chi connectivity index (χ1v) is 5.36. The van der Waals surface area contributed by atoms with Gasteiger partial charge in [0, 0.05) is 19.7 Å². The highest BCUT2D eigenvalue weighted by atomic mass is 16.5. The third-order valence-electron chi connectivity index (χ3n) is 2.91. The maximum atomic E-state index is 11.8. The lowest BCUT2D eigenvalue weighted by molar-refractivity contribution is -0.143. The average molecular weight is 199 g/mol. The van der Waals surface area contributed by atoms with Crippen LogP contribution in [0.3, 0.4) is 0 Å². The minimum absolute atomic E-state index is 0.0706. The van der Waals surface area contributed by atoms with E-state index in [4.69, 9.17) is 4.74 Å². The molecule has 2 rings (SSSR count). The Bertz CT molecular complexity index is 213. The molecule has 2 heterocycles. The second-order valence-electron chi connectivity index (χ2n) is 4.08. The van der Waals surface area contributed by atoms with E-state index in [1.807, 2.05) is 0 Å². The number of piperidine rings is 1. The fraction of sp³-hybridized carbons (Fsp3) is 0.900. The van der Waals surface area contributed by atoms with E-state index in [-0.39, 0.29) is 18.1 Å². The molecule has 1 N–H and O–H groups in total. The van der Waals surface area contributed by atoms with Crippen molar-refractivity contribution in [3.8, 4) is 0 Å². The number of β-amino-alcohol motifs (C(OH)–C–C–N with tert-alkyl or cyclic N) is 1. The van der Waals surface area contributed by atoms with Gasteiger partial charge in [-0.1, -0.05) is 0 Å². The largest absolute Gasteiger partial charge is 0.391 e. The van der Waals surface area contributed by atoms with E-state index in [0.717, 1.165) is 32.2 Å². The molecule has 0 aromatic rings. The molecule has 80 valence electrons. The first-order chi connectivity index (χ1) is 6.77. The Morgan fingerprint density at radius 2 is 2.21 bits per heavy atom. The zero-order valence-corrected chi connectivity index (χ0v) is 8.32. The molecule has 2 saturated heterocycles. The first kappa shape index (κ1) is 9.93. The van der Waals surface area contributed by atoms with Crippen molar-refractivity contribution in [1.29, 1.82) is 0 Å². The van der Waals surface area contributed by atoms with Gasteiger partial charge in [-0.3, -0.25) is 4.79 Å². The van der Waals surface area contributed by atoms with Gasteiger partial charge in [0.15, 0.2) is 0 Å². The Morgan fingerprint density at radius 3 is 2.86 bits per heavy atom. The molecular weight excluding hydrogens is 182 g/mol. The van der Waals surface area contributed by atoms with Crippen LogP contribution in [-0.4, -0.2) is 47.8 Å². The fourth-order valence-electron chi connectivity index (χ4n) is 2.13.